The molecule has 0 aliphatic carbocycles. The molecule has 8 heteroatoms. The molecule has 3 N–H and O–H groups in total. The predicted molar refractivity (Wildman–Crippen MR) is 121 cm³/mol. The minimum absolute atomic E-state index is 0.0248. The van der Waals surface area contributed by atoms with Gasteiger partial charge in [0.2, 0.25) is 5.91 Å². The molecule has 1 fully saturated rings. The molecule has 0 aromatic heterocycles. The van der Waals surface area contributed by atoms with E-state index in [4.69, 9.17) is 4.74 Å². The summed E-state index contributed by atoms with van der Waals surface area (Å²) < 4.78 is 5.72. The number of anilines is 1. The Kier molecular flexibility index (Phi) is 7.84. The molecule has 2 aromatic rings. The molecule has 32 heavy (non-hydrogen) atoms. The van der Waals surface area contributed by atoms with Gasteiger partial charge in [-0.3, -0.25) is 9.59 Å². The van der Waals surface area contributed by atoms with Crippen molar-refractivity contribution in [1.82, 2.24) is 10.2 Å². The number of carbonyl (C=O) groups excluding carboxylic acids is 2. The van der Waals surface area contributed by atoms with E-state index in [1.165, 1.54) is 0 Å². The van der Waals surface area contributed by atoms with E-state index in [0.717, 1.165) is 11.3 Å². The maximum absolute atomic E-state index is 12.6. The van der Waals surface area contributed by atoms with Crippen LogP contribution >= 0.6 is 0 Å². The summed E-state index contributed by atoms with van der Waals surface area (Å²) in [4.78, 5) is 28.5. The molecule has 0 spiro atoms. The normalized spacial score (nSPS) is 22.4. The Labute approximate surface area is 188 Å². The second-order valence-electron chi connectivity index (χ2n) is 8.29. The standard InChI is InChI=1S/C24H31N3O5/c1-26(2)18-11-9-17(10-12-18)24(31)25-14-20-23(30)22(29)19(32-20)13-21(28)27(3)15-16-7-5-4-6-8-16/h4-12,19-20,22-23,29-30H,13-15H2,1-3H3,(H,25,31). The minimum atomic E-state index is -1.20. The molecule has 172 valence electrons. The van der Waals surface area contributed by atoms with Crippen molar-refractivity contribution >= 4 is 17.5 Å². The Morgan fingerprint density at radius 3 is 2.19 bits per heavy atom. The fourth-order valence-electron chi connectivity index (χ4n) is 3.64. The Morgan fingerprint density at radius 2 is 1.56 bits per heavy atom. The van der Waals surface area contributed by atoms with Gasteiger partial charge in [-0.25, -0.2) is 0 Å². The Morgan fingerprint density at radius 1 is 0.938 bits per heavy atom. The lowest BCUT2D eigenvalue weighted by molar-refractivity contribution is -0.134. The third-order valence-electron chi connectivity index (χ3n) is 5.64. The number of nitrogens with zero attached hydrogens (tertiary/aromatic N) is 2. The van der Waals surface area contributed by atoms with Crippen LogP contribution in [-0.2, 0) is 16.1 Å². The number of carbonyl (C=O) groups is 2. The van der Waals surface area contributed by atoms with Crippen molar-refractivity contribution in [3.8, 4) is 0 Å². The molecular weight excluding hydrogens is 410 g/mol. The second-order valence-corrected chi connectivity index (χ2v) is 8.29. The zero-order valence-corrected chi connectivity index (χ0v) is 18.6. The van der Waals surface area contributed by atoms with Gasteiger partial charge in [0.15, 0.2) is 0 Å². The maximum atomic E-state index is 12.6. The zero-order valence-electron chi connectivity index (χ0n) is 18.6. The summed E-state index contributed by atoms with van der Waals surface area (Å²) in [6.45, 7) is 0.466. The molecule has 1 heterocycles. The quantitative estimate of drug-likeness (QED) is 0.565. The van der Waals surface area contributed by atoms with E-state index in [1.807, 2.05) is 61.5 Å². The Balaban J connectivity index is 1.50. The van der Waals surface area contributed by atoms with Crippen molar-refractivity contribution in [3.63, 3.8) is 0 Å². The third-order valence-corrected chi connectivity index (χ3v) is 5.64. The van der Waals surface area contributed by atoms with Crippen molar-refractivity contribution in [1.29, 1.82) is 0 Å². The highest BCUT2D eigenvalue weighted by molar-refractivity contribution is 5.94. The summed E-state index contributed by atoms with van der Waals surface area (Å²) in [7, 11) is 5.52. The number of ether oxygens (including phenoxy) is 1. The summed E-state index contributed by atoms with van der Waals surface area (Å²) in [6, 6.07) is 16.7. The minimum Gasteiger partial charge on any atom is -0.388 e. The molecule has 4 unspecified atom stereocenters. The van der Waals surface area contributed by atoms with E-state index in [-0.39, 0.29) is 24.8 Å². The average Bonchev–Trinajstić information content (AvgIpc) is 3.05. The number of hydrogen-bond donors (Lipinski definition) is 3. The fourth-order valence-corrected chi connectivity index (χ4v) is 3.64. The summed E-state index contributed by atoms with van der Waals surface area (Å²) in [5, 5.41) is 23.4. The van der Waals surface area contributed by atoms with Crippen molar-refractivity contribution in [2.75, 3.05) is 32.6 Å². The van der Waals surface area contributed by atoms with E-state index < -0.39 is 24.4 Å². The van der Waals surface area contributed by atoms with E-state index >= 15 is 0 Å². The van der Waals surface area contributed by atoms with Gasteiger partial charge in [-0.05, 0) is 29.8 Å². The number of benzene rings is 2. The monoisotopic (exact) mass is 441 g/mol. The van der Waals surface area contributed by atoms with Crippen LogP contribution in [0.15, 0.2) is 54.6 Å². The molecular formula is C24H31N3O5. The van der Waals surface area contributed by atoms with Gasteiger partial charge in [-0.1, -0.05) is 30.3 Å². The Hall–Kier alpha value is -2.94. The first-order valence-corrected chi connectivity index (χ1v) is 10.6. The van der Waals surface area contributed by atoms with Crippen LogP contribution in [0.5, 0.6) is 0 Å². The lowest BCUT2D eigenvalue weighted by atomic mass is 10.0. The maximum Gasteiger partial charge on any atom is 0.251 e. The van der Waals surface area contributed by atoms with E-state index in [1.54, 1.807) is 24.1 Å². The highest BCUT2D eigenvalue weighted by Gasteiger charge is 2.43. The highest BCUT2D eigenvalue weighted by atomic mass is 16.5. The average molecular weight is 442 g/mol. The molecule has 1 aliphatic heterocycles. The van der Waals surface area contributed by atoms with Crippen molar-refractivity contribution in [2.24, 2.45) is 0 Å². The van der Waals surface area contributed by atoms with Crippen molar-refractivity contribution < 1.29 is 24.5 Å². The molecule has 1 aliphatic rings. The van der Waals surface area contributed by atoms with Crippen LogP contribution in [0.4, 0.5) is 5.69 Å². The van der Waals surface area contributed by atoms with Crippen LogP contribution < -0.4 is 10.2 Å². The molecule has 0 saturated carbocycles. The van der Waals surface area contributed by atoms with Crippen LogP contribution in [0.25, 0.3) is 0 Å². The highest BCUT2D eigenvalue weighted by Crippen LogP contribution is 2.24. The number of nitrogens with one attached hydrogen (secondary N) is 1. The number of rotatable bonds is 8. The van der Waals surface area contributed by atoms with Gasteiger partial charge in [0.1, 0.15) is 18.3 Å². The molecule has 1 saturated heterocycles. The molecule has 4 atom stereocenters. The number of amides is 2. The second kappa shape index (κ2) is 10.6. The zero-order chi connectivity index (χ0) is 23.3. The van der Waals surface area contributed by atoms with Crippen molar-refractivity contribution in [2.45, 2.75) is 37.4 Å². The van der Waals surface area contributed by atoms with Crippen molar-refractivity contribution in [3.05, 3.63) is 65.7 Å². The largest absolute Gasteiger partial charge is 0.388 e. The summed E-state index contributed by atoms with van der Waals surface area (Å²) >= 11 is 0. The van der Waals surface area contributed by atoms with Crippen LogP contribution in [-0.4, -0.2) is 79.0 Å². The first-order chi connectivity index (χ1) is 15.3. The van der Waals surface area contributed by atoms with E-state index in [0.29, 0.717) is 12.1 Å². The topological polar surface area (TPSA) is 102 Å². The molecule has 0 radical (unpaired) electrons. The van der Waals surface area contributed by atoms with Gasteiger partial charge < -0.3 is 30.1 Å². The molecule has 2 aromatic carbocycles. The summed E-state index contributed by atoms with van der Waals surface area (Å²) in [5.74, 6) is -0.501. The summed E-state index contributed by atoms with van der Waals surface area (Å²) in [6.07, 6.45) is -4.09. The number of hydrogen-bond acceptors (Lipinski definition) is 6. The van der Waals surface area contributed by atoms with Gasteiger partial charge in [-0.15, -0.1) is 0 Å². The van der Waals surface area contributed by atoms with Gasteiger partial charge in [0.05, 0.1) is 12.5 Å². The van der Waals surface area contributed by atoms with Crippen LogP contribution in [0, 0.1) is 0 Å². The van der Waals surface area contributed by atoms with E-state index in [2.05, 4.69) is 5.32 Å². The van der Waals surface area contributed by atoms with Gasteiger partial charge >= 0.3 is 0 Å². The molecule has 3 rings (SSSR count). The summed E-state index contributed by atoms with van der Waals surface area (Å²) in [5.41, 5.74) is 2.46. The lowest BCUT2D eigenvalue weighted by Gasteiger charge is -2.21. The third kappa shape index (κ3) is 5.85. The number of aliphatic hydroxyl groups is 2. The number of aliphatic hydroxyl groups excluding tert-OH is 2. The van der Waals surface area contributed by atoms with E-state index in [9.17, 15) is 19.8 Å². The Bertz CT molecular complexity index is 904. The fraction of sp³-hybridized carbons (Fsp3) is 0.417. The first-order valence-electron chi connectivity index (χ1n) is 10.6. The van der Waals surface area contributed by atoms with Gasteiger partial charge in [0, 0.05) is 45.5 Å². The SMILES string of the molecule is CN(Cc1ccccc1)C(=O)CC1OC(CNC(=O)c2ccc(N(C)C)cc2)C(O)C1O. The van der Waals surface area contributed by atoms with Gasteiger partial charge in [0.25, 0.3) is 5.91 Å². The van der Waals surface area contributed by atoms with Crippen LogP contribution in [0.2, 0.25) is 0 Å². The molecule has 8 nitrogen and oxygen atoms in total. The molecule has 2 amide bonds. The predicted octanol–water partition coefficient (Wildman–Crippen LogP) is 1.02. The smallest absolute Gasteiger partial charge is 0.251 e. The first kappa shape index (κ1) is 23.7. The van der Waals surface area contributed by atoms with Gasteiger partial charge in [-0.2, -0.15) is 0 Å². The van der Waals surface area contributed by atoms with Crippen LogP contribution in [0.1, 0.15) is 22.3 Å². The van der Waals surface area contributed by atoms with Crippen LogP contribution in [0.3, 0.4) is 0 Å². The molecule has 0 bridgehead atoms. The lowest BCUT2D eigenvalue weighted by Crippen LogP contribution is -2.40.